The predicted octanol–water partition coefficient (Wildman–Crippen LogP) is 1.62. The van der Waals surface area contributed by atoms with E-state index in [-0.39, 0.29) is 0 Å². The first-order valence-electron chi connectivity index (χ1n) is 4.61. The zero-order valence-corrected chi connectivity index (χ0v) is 10.2. The van der Waals surface area contributed by atoms with E-state index in [1.165, 1.54) is 14.2 Å². The van der Waals surface area contributed by atoms with Crippen molar-refractivity contribution >= 4 is 17.7 Å². The van der Waals surface area contributed by atoms with Gasteiger partial charge in [0.05, 0.1) is 14.2 Å². The molecule has 1 aromatic rings. The molecule has 0 saturated carbocycles. The van der Waals surface area contributed by atoms with E-state index in [4.69, 9.17) is 4.74 Å². The van der Waals surface area contributed by atoms with Crippen molar-refractivity contribution in [3.8, 4) is 5.75 Å². The number of carbonyl (C=O) groups is 1. The number of ether oxygens (including phenoxy) is 2. The highest BCUT2D eigenvalue weighted by atomic mass is 32.2. The van der Waals surface area contributed by atoms with E-state index in [1.54, 1.807) is 23.9 Å². The van der Waals surface area contributed by atoms with Gasteiger partial charge in [-0.3, -0.25) is 0 Å². The quantitative estimate of drug-likeness (QED) is 0.642. The first-order chi connectivity index (χ1) is 7.63. The fourth-order valence-electron chi connectivity index (χ4n) is 1.28. The van der Waals surface area contributed by atoms with Crippen LogP contribution in [0.1, 0.15) is 11.7 Å². The first kappa shape index (κ1) is 12.9. The lowest BCUT2D eigenvalue weighted by Crippen LogP contribution is -2.14. The molecule has 0 aliphatic rings. The van der Waals surface area contributed by atoms with E-state index in [2.05, 4.69) is 4.74 Å². The standard InChI is InChI=1S/C11H14O4S/c1-14-9-6-7(16-3)4-5-8(9)10(12)11(13)15-2/h4-6,10,12H,1-3H3. The fraction of sp³-hybridized carbons (Fsp3) is 0.364. The Labute approximate surface area is 98.6 Å². The molecule has 0 heterocycles. The molecule has 0 spiro atoms. The number of benzene rings is 1. The minimum atomic E-state index is -1.31. The second-order valence-corrected chi connectivity index (χ2v) is 3.91. The molecule has 4 nitrogen and oxygen atoms in total. The molecule has 0 aliphatic carbocycles. The van der Waals surface area contributed by atoms with Crippen molar-refractivity contribution in [1.29, 1.82) is 0 Å². The number of hydrogen-bond acceptors (Lipinski definition) is 5. The van der Waals surface area contributed by atoms with Crippen LogP contribution in [0.4, 0.5) is 0 Å². The summed E-state index contributed by atoms with van der Waals surface area (Å²) in [6, 6.07) is 5.24. The Hall–Kier alpha value is -1.20. The van der Waals surface area contributed by atoms with Crippen LogP contribution in [-0.2, 0) is 9.53 Å². The highest BCUT2D eigenvalue weighted by molar-refractivity contribution is 7.98. The van der Waals surface area contributed by atoms with Crippen molar-refractivity contribution in [3.05, 3.63) is 23.8 Å². The van der Waals surface area contributed by atoms with Gasteiger partial charge < -0.3 is 14.6 Å². The van der Waals surface area contributed by atoms with Gasteiger partial charge in [-0.15, -0.1) is 11.8 Å². The Morgan fingerprint density at radius 1 is 1.44 bits per heavy atom. The number of aliphatic hydroxyl groups excluding tert-OH is 1. The van der Waals surface area contributed by atoms with E-state index in [0.29, 0.717) is 11.3 Å². The number of methoxy groups -OCH3 is 2. The van der Waals surface area contributed by atoms with Crippen molar-refractivity contribution in [2.75, 3.05) is 20.5 Å². The van der Waals surface area contributed by atoms with Crippen LogP contribution in [0.3, 0.4) is 0 Å². The lowest BCUT2D eigenvalue weighted by molar-refractivity contribution is -0.150. The first-order valence-corrected chi connectivity index (χ1v) is 5.84. The molecule has 16 heavy (non-hydrogen) atoms. The monoisotopic (exact) mass is 242 g/mol. The highest BCUT2D eigenvalue weighted by Gasteiger charge is 2.21. The van der Waals surface area contributed by atoms with E-state index >= 15 is 0 Å². The fourth-order valence-corrected chi connectivity index (χ4v) is 1.71. The van der Waals surface area contributed by atoms with Gasteiger partial charge in [0.2, 0.25) is 0 Å². The summed E-state index contributed by atoms with van der Waals surface area (Å²) in [7, 11) is 2.72. The summed E-state index contributed by atoms with van der Waals surface area (Å²) in [5.74, 6) is -0.222. The Bertz CT molecular complexity index is 378. The molecule has 1 rings (SSSR count). The third-order valence-corrected chi connectivity index (χ3v) is 2.89. The number of esters is 1. The average Bonchev–Trinajstić information content (AvgIpc) is 2.35. The number of aliphatic hydroxyl groups is 1. The van der Waals surface area contributed by atoms with Gasteiger partial charge in [-0.25, -0.2) is 4.79 Å². The Morgan fingerprint density at radius 2 is 2.12 bits per heavy atom. The maximum Gasteiger partial charge on any atom is 0.339 e. The maximum atomic E-state index is 11.2. The van der Waals surface area contributed by atoms with Gasteiger partial charge in [0.15, 0.2) is 6.10 Å². The Morgan fingerprint density at radius 3 is 2.62 bits per heavy atom. The third kappa shape index (κ3) is 2.68. The molecule has 1 unspecified atom stereocenters. The van der Waals surface area contributed by atoms with Crippen molar-refractivity contribution in [1.82, 2.24) is 0 Å². The number of thioether (sulfide) groups is 1. The largest absolute Gasteiger partial charge is 0.496 e. The normalized spacial score (nSPS) is 12.0. The average molecular weight is 242 g/mol. The van der Waals surface area contributed by atoms with E-state index < -0.39 is 12.1 Å². The number of hydrogen-bond donors (Lipinski definition) is 1. The molecular formula is C11H14O4S. The van der Waals surface area contributed by atoms with Crippen LogP contribution in [0, 0.1) is 0 Å². The van der Waals surface area contributed by atoms with E-state index in [1.807, 2.05) is 12.3 Å². The summed E-state index contributed by atoms with van der Waals surface area (Å²) in [5.41, 5.74) is 0.409. The van der Waals surface area contributed by atoms with Gasteiger partial charge in [-0.05, 0) is 18.4 Å². The molecule has 1 N–H and O–H groups in total. The van der Waals surface area contributed by atoms with E-state index in [9.17, 15) is 9.90 Å². The lowest BCUT2D eigenvalue weighted by atomic mass is 10.1. The lowest BCUT2D eigenvalue weighted by Gasteiger charge is -2.13. The molecular weight excluding hydrogens is 228 g/mol. The van der Waals surface area contributed by atoms with Crippen LogP contribution in [-0.4, -0.2) is 31.6 Å². The van der Waals surface area contributed by atoms with Gasteiger partial charge in [-0.2, -0.15) is 0 Å². The molecule has 1 aromatic carbocycles. The zero-order chi connectivity index (χ0) is 12.1. The molecule has 0 fully saturated rings. The molecule has 0 amide bonds. The molecule has 0 saturated heterocycles. The van der Waals surface area contributed by atoms with Gasteiger partial charge >= 0.3 is 5.97 Å². The smallest absolute Gasteiger partial charge is 0.339 e. The molecule has 0 bridgehead atoms. The van der Waals surface area contributed by atoms with Gasteiger partial charge in [0, 0.05) is 10.5 Å². The molecule has 88 valence electrons. The van der Waals surface area contributed by atoms with Gasteiger partial charge in [-0.1, -0.05) is 6.07 Å². The summed E-state index contributed by atoms with van der Waals surface area (Å²) in [4.78, 5) is 12.2. The molecule has 0 aliphatic heterocycles. The van der Waals surface area contributed by atoms with Crippen molar-refractivity contribution in [3.63, 3.8) is 0 Å². The summed E-state index contributed by atoms with van der Waals surface area (Å²) in [6.07, 6.45) is 0.626. The number of rotatable bonds is 4. The summed E-state index contributed by atoms with van der Waals surface area (Å²) in [6.45, 7) is 0. The maximum absolute atomic E-state index is 11.2. The highest BCUT2D eigenvalue weighted by Crippen LogP contribution is 2.30. The van der Waals surface area contributed by atoms with Crippen LogP contribution in [0.15, 0.2) is 23.1 Å². The van der Waals surface area contributed by atoms with Crippen LogP contribution >= 0.6 is 11.8 Å². The minimum absolute atomic E-state index is 0.409. The minimum Gasteiger partial charge on any atom is -0.496 e. The third-order valence-electron chi connectivity index (χ3n) is 2.16. The van der Waals surface area contributed by atoms with Crippen molar-refractivity contribution in [2.45, 2.75) is 11.0 Å². The van der Waals surface area contributed by atoms with Crippen LogP contribution in [0.25, 0.3) is 0 Å². The summed E-state index contributed by atoms with van der Waals surface area (Å²) in [5, 5.41) is 9.70. The molecule has 0 radical (unpaired) electrons. The van der Waals surface area contributed by atoms with Crippen molar-refractivity contribution < 1.29 is 19.4 Å². The number of carbonyl (C=O) groups excluding carboxylic acids is 1. The van der Waals surface area contributed by atoms with Crippen LogP contribution in [0.5, 0.6) is 5.75 Å². The van der Waals surface area contributed by atoms with E-state index in [0.717, 1.165) is 4.90 Å². The summed E-state index contributed by atoms with van der Waals surface area (Å²) >= 11 is 1.56. The molecule has 5 heteroatoms. The Kier molecular flexibility index (Phi) is 4.64. The van der Waals surface area contributed by atoms with Crippen LogP contribution < -0.4 is 4.74 Å². The van der Waals surface area contributed by atoms with Gasteiger partial charge in [0.1, 0.15) is 5.75 Å². The Balaban J connectivity index is 3.08. The van der Waals surface area contributed by atoms with Crippen LogP contribution in [0.2, 0.25) is 0 Å². The zero-order valence-electron chi connectivity index (χ0n) is 9.39. The second-order valence-electron chi connectivity index (χ2n) is 3.03. The van der Waals surface area contributed by atoms with Gasteiger partial charge in [0.25, 0.3) is 0 Å². The predicted molar refractivity (Wildman–Crippen MR) is 61.8 cm³/mol. The van der Waals surface area contributed by atoms with Crippen molar-refractivity contribution in [2.24, 2.45) is 0 Å². The topological polar surface area (TPSA) is 55.8 Å². The summed E-state index contributed by atoms with van der Waals surface area (Å²) < 4.78 is 9.60. The second kappa shape index (κ2) is 5.77. The molecule has 1 atom stereocenters. The SMILES string of the molecule is COC(=O)C(O)c1ccc(SC)cc1OC. The molecule has 0 aromatic heterocycles.